The van der Waals surface area contributed by atoms with Gasteiger partial charge in [0.05, 0.1) is 23.7 Å². The van der Waals surface area contributed by atoms with E-state index in [1.54, 1.807) is 31.4 Å². The van der Waals surface area contributed by atoms with Crippen LogP contribution < -0.4 is 15.4 Å². The van der Waals surface area contributed by atoms with Crippen LogP contribution in [0.15, 0.2) is 53.4 Å². The van der Waals surface area contributed by atoms with Crippen molar-refractivity contribution in [2.45, 2.75) is 37.1 Å². The Balaban J connectivity index is 1.82. The van der Waals surface area contributed by atoms with Gasteiger partial charge in [-0.15, -0.1) is 0 Å². The molecule has 1 saturated heterocycles. The summed E-state index contributed by atoms with van der Waals surface area (Å²) < 4.78 is 38.8. The van der Waals surface area contributed by atoms with Crippen molar-refractivity contribution in [3.63, 3.8) is 0 Å². The lowest BCUT2D eigenvalue weighted by Gasteiger charge is -2.26. The van der Waals surface area contributed by atoms with Gasteiger partial charge in [-0.05, 0) is 50.1 Å². The molecule has 1 atom stereocenters. The summed E-state index contributed by atoms with van der Waals surface area (Å²) in [6, 6.07) is 13.8. The number of carbonyl (C=O) groups is 1. The van der Waals surface area contributed by atoms with Gasteiger partial charge in [-0.1, -0.05) is 24.6 Å². The van der Waals surface area contributed by atoms with Crippen LogP contribution in [0.4, 0.5) is 5.69 Å². The number of methoxy groups -OCH3 is 1. The van der Waals surface area contributed by atoms with E-state index in [-0.39, 0.29) is 23.4 Å². The Morgan fingerprint density at radius 2 is 1.81 bits per heavy atom. The number of hydrogen-bond donors (Lipinski definition) is 2. The second-order valence-corrected chi connectivity index (χ2v) is 9.75. The zero-order valence-electron chi connectivity index (χ0n) is 18.5. The van der Waals surface area contributed by atoms with E-state index in [9.17, 15) is 13.2 Å². The summed E-state index contributed by atoms with van der Waals surface area (Å²) in [6.07, 6.45) is 2.76. The predicted octanol–water partition coefficient (Wildman–Crippen LogP) is 3.22. The van der Waals surface area contributed by atoms with Crippen molar-refractivity contribution in [3.8, 4) is 11.5 Å². The van der Waals surface area contributed by atoms with Crippen LogP contribution in [0, 0.1) is 0 Å². The molecule has 3 rings (SSSR count). The number of ether oxygens (including phenoxy) is 2. The van der Waals surface area contributed by atoms with Gasteiger partial charge >= 0.3 is 0 Å². The fourth-order valence-electron chi connectivity index (χ4n) is 3.56. The summed E-state index contributed by atoms with van der Waals surface area (Å²) >= 11 is 0. The van der Waals surface area contributed by atoms with Gasteiger partial charge < -0.3 is 20.1 Å². The largest absolute Gasteiger partial charge is 0.455 e. The summed E-state index contributed by atoms with van der Waals surface area (Å²) in [6.45, 7) is 3.25. The molecular weight excluding hydrogens is 430 g/mol. The number of nitrogens with zero attached hydrogens (tertiary/aromatic N) is 1. The number of carbonyl (C=O) groups excluding carboxylic acids is 1. The second kappa shape index (κ2) is 11.3. The monoisotopic (exact) mass is 461 g/mol. The lowest BCUT2D eigenvalue weighted by atomic mass is 10.2. The van der Waals surface area contributed by atoms with Crippen molar-refractivity contribution in [3.05, 3.63) is 48.5 Å². The predicted molar refractivity (Wildman–Crippen MR) is 124 cm³/mol. The van der Waals surface area contributed by atoms with Crippen LogP contribution in [-0.4, -0.2) is 58.0 Å². The Hall–Kier alpha value is -2.62. The summed E-state index contributed by atoms with van der Waals surface area (Å²) in [5.74, 6) is 0.816. The molecule has 0 aliphatic carbocycles. The molecule has 1 amide bonds. The van der Waals surface area contributed by atoms with Crippen molar-refractivity contribution in [2.75, 3.05) is 38.7 Å². The van der Waals surface area contributed by atoms with Crippen LogP contribution in [0.2, 0.25) is 0 Å². The molecule has 1 aliphatic heterocycles. The Bertz CT molecular complexity index is 992. The van der Waals surface area contributed by atoms with Gasteiger partial charge in [0, 0.05) is 26.2 Å². The third-order valence-electron chi connectivity index (χ3n) is 5.14. The SMILES string of the molecule is COCC(C)NC(=O)CNc1cc(S(=O)(=O)N2CCCCC2)ccc1Oc1ccccc1. The van der Waals surface area contributed by atoms with Crippen molar-refractivity contribution in [1.29, 1.82) is 0 Å². The number of amides is 1. The number of hydrogen-bond acceptors (Lipinski definition) is 6. The van der Waals surface area contributed by atoms with E-state index in [0.717, 1.165) is 19.3 Å². The molecule has 2 N–H and O–H groups in total. The Morgan fingerprint density at radius 1 is 1.09 bits per heavy atom. The Labute approximate surface area is 190 Å². The number of rotatable bonds is 10. The van der Waals surface area contributed by atoms with Crippen LogP contribution >= 0.6 is 0 Å². The van der Waals surface area contributed by atoms with Crippen LogP contribution in [0.3, 0.4) is 0 Å². The number of para-hydroxylation sites is 1. The van der Waals surface area contributed by atoms with Crippen LogP contribution in [-0.2, 0) is 19.6 Å². The molecule has 1 unspecified atom stereocenters. The maximum Gasteiger partial charge on any atom is 0.243 e. The van der Waals surface area contributed by atoms with Crippen LogP contribution in [0.1, 0.15) is 26.2 Å². The van der Waals surface area contributed by atoms with E-state index in [1.807, 2.05) is 25.1 Å². The fourth-order valence-corrected chi connectivity index (χ4v) is 5.10. The molecule has 9 heteroatoms. The van der Waals surface area contributed by atoms with E-state index in [0.29, 0.717) is 36.9 Å². The summed E-state index contributed by atoms with van der Waals surface area (Å²) in [7, 11) is -2.05. The molecule has 0 spiro atoms. The number of nitrogens with one attached hydrogen (secondary N) is 2. The summed E-state index contributed by atoms with van der Waals surface area (Å²) in [5.41, 5.74) is 0.432. The molecule has 2 aromatic carbocycles. The molecule has 8 nitrogen and oxygen atoms in total. The summed E-state index contributed by atoms with van der Waals surface area (Å²) in [4.78, 5) is 12.5. The molecule has 1 heterocycles. The van der Waals surface area contributed by atoms with Crippen molar-refractivity contribution in [2.24, 2.45) is 0 Å². The molecule has 32 heavy (non-hydrogen) atoms. The molecule has 1 fully saturated rings. The Morgan fingerprint density at radius 3 is 2.50 bits per heavy atom. The highest BCUT2D eigenvalue weighted by molar-refractivity contribution is 7.89. The quantitative estimate of drug-likeness (QED) is 0.564. The lowest BCUT2D eigenvalue weighted by Crippen LogP contribution is -2.39. The first-order valence-electron chi connectivity index (χ1n) is 10.8. The minimum absolute atomic E-state index is 0.0353. The molecule has 1 aliphatic rings. The lowest BCUT2D eigenvalue weighted by molar-refractivity contribution is -0.120. The normalized spacial score (nSPS) is 15.7. The first kappa shape index (κ1) is 24.0. The van der Waals surface area contributed by atoms with Crippen molar-refractivity contribution < 1.29 is 22.7 Å². The second-order valence-electron chi connectivity index (χ2n) is 7.82. The standard InChI is InChI=1S/C23H31N3O5S/c1-18(17-30-2)25-23(27)16-24-21-15-20(32(28,29)26-13-7-4-8-14-26)11-12-22(21)31-19-9-5-3-6-10-19/h3,5-6,9-12,15,18,24H,4,7-8,13-14,16-17H2,1-2H3,(H,25,27). The highest BCUT2D eigenvalue weighted by atomic mass is 32.2. The van der Waals surface area contributed by atoms with Crippen molar-refractivity contribution >= 4 is 21.6 Å². The van der Waals surface area contributed by atoms with Gasteiger partial charge in [-0.3, -0.25) is 4.79 Å². The number of sulfonamides is 1. The van der Waals surface area contributed by atoms with E-state index >= 15 is 0 Å². The Kier molecular flexibility index (Phi) is 8.49. The van der Waals surface area contributed by atoms with Gasteiger partial charge in [-0.25, -0.2) is 8.42 Å². The van der Waals surface area contributed by atoms with E-state index in [4.69, 9.17) is 9.47 Å². The van der Waals surface area contributed by atoms with Crippen LogP contribution in [0.5, 0.6) is 11.5 Å². The smallest absolute Gasteiger partial charge is 0.243 e. The zero-order chi connectivity index (χ0) is 23.0. The van der Waals surface area contributed by atoms with Gasteiger partial charge in [-0.2, -0.15) is 4.31 Å². The van der Waals surface area contributed by atoms with E-state index in [1.165, 1.54) is 10.4 Å². The average molecular weight is 462 g/mol. The zero-order valence-corrected chi connectivity index (χ0v) is 19.4. The molecule has 0 saturated carbocycles. The van der Waals surface area contributed by atoms with Gasteiger partial charge in [0.25, 0.3) is 0 Å². The first-order chi connectivity index (χ1) is 15.4. The molecule has 2 aromatic rings. The number of benzene rings is 2. The first-order valence-corrected chi connectivity index (χ1v) is 12.2. The number of anilines is 1. The fraction of sp³-hybridized carbons (Fsp3) is 0.435. The molecule has 174 valence electrons. The highest BCUT2D eigenvalue weighted by Crippen LogP contribution is 2.33. The third kappa shape index (κ3) is 6.44. The maximum atomic E-state index is 13.1. The summed E-state index contributed by atoms with van der Waals surface area (Å²) in [5, 5.41) is 5.86. The third-order valence-corrected chi connectivity index (χ3v) is 7.03. The molecule has 0 aromatic heterocycles. The van der Waals surface area contributed by atoms with Gasteiger partial charge in [0.2, 0.25) is 15.9 Å². The molecular formula is C23H31N3O5S. The molecule has 0 bridgehead atoms. The van der Waals surface area contributed by atoms with E-state index < -0.39 is 10.0 Å². The van der Waals surface area contributed by atoms with Crippen molar-refractivity contribution in [1.82, 2.24) is 9.62 Å². The van der Waals surface area contributed by atoms with E-state index in [2.05, 4.69) is 10.6 Å². The maximum absolute atomic E-state index is 13.1. The van der Waals surface area contributed by atoms with Gasteiger partial charge in [0.1, 0.15) is 5.75 Å². The average Bonchev–Trinajstić information content (AvgIpc) is 2.79. The minimum atomic E-state index is -3.62. The minimum Gasteiger partial charge on any atom is -0.455 e. The van der Waals surface area contributed by atoms with Crippen LogP contribution in [0.25, 0.3) is 0 Å². The number of piperidine rings is 1. The highest BCUT2D eigenvalue weighted by Gasteiger charge is 2.27. The topological polar surface area (TPSA) is 97.0 Å². The van der Waals surface area contributed by atoms with Gasteiger partial charge in [0.15, 0.2) is 5.75 Å². The molecule has 0 radical (unpaired) electrons.